The van der Waals surface area contributed by atoms with Crippen molar-refractivity contribution < 1.29 is 28.9 Å². The minimum absolute atomic E-state index is 0.196. The van der Waals surface area contributed by atoms with Crippen LogP contribution in [0.15, 0.2) is 66.7 Å². The van der Waals surface area contributed by atoms with Crippen molar-refractivity contribution in [3.8, 4) is 17.2 Å². The van der Waals surface area contributed by atoms with Crippen molar-refractivity contribution in [2.45, 2.75) is 18.6 Å². The third-order valence-electron chi connectivity index (χ3n) is 5.85. The fourth-order valence-electron chi connectivity index (χ4n) is 4.20. The number of rotatable bonds is 8. The van der Waals surface area contributed by atoms with Crippen LogP contribution in [0.2, 0.25) is 0 Å². The van der Waals surface area contributed by atoms with Crippen molar-refractivity contribution in [1.82, 2.24) is 0 Å². The molecule has 3 aromatic rings. The number of hydrogen-bond donors (Lipinski definition) is 1. The van der Waals surface area contributed by atoms with Crippen LogP contribution in [0, 0.1) is 0 Å². The number of amides is 1. The molecule has 0 bridgehead atoms. The van der Waals surface area contributed by atoms with E-state index in [1.807, 2.05) is 6.07 Å². The lowest BCUT2D eigenvalue weighted by Gasteiger charge is -2.23. The highest BCUT2D eigenvalue weighted by atomic mass is 16.5. The van der Waals surface area contributed by atoms with Crippen LogP contribution in [0.25, 0.3) is 0 Å². The molecular weight excluding hydrogens is 422 g/mol. The number of aliphatic hydroxyl groups is 1. The number of ketones is 1. The zero-order valence-corrected chi connectivity index (χ0v) is 18.7. The molecule has 0 fully saturated rings. The molecule has 1 aliphatic rings. The molecule has 7 heteroatoms. The Morgan fingerprint density at radius 1 is 0.879 bits per heavy atom. The van der Waals surface area contributed by atoms with Crippen LogP contribution in [-0.2, 0) is 16.9 Å². The lowest BCUT2D eigenvalue weighted by molar-refractivity contribution is -0.136. The summed E-state index contributed by atoms with van der Waals surface area (Å²) < 4.78 is 15.9. The minimum atomic E-state index is -1.98. The predicted octanol–water partition coefficient (Wildman–Crippen LogP) is 3.72. The van der Waals surface area contributed by atoms with E-state index in [-0.39, 0.29) is 12.3 Å². The molecule has 7 nitrogen and oxygen atoms in total. The van der Waals surface area contributed by atoms with Gasteiger partial charge in [0.1, 0.15) is 5.75 Å². The molecule has 1 heterocycles. The maximum Gasteiger partial charge on any atom is 0.264 e. The van der Waals surface area contributed by atoms with Gasteiger partial charge in [-0.1, -0.05) is 36.4 Å². The molecule has 170 valence electrons. The summed E-state index contributed by atoms with van der Waals surface area (Å²) in [7, 11) is 4.57. The lowest BCUT2D eigenvalue weighted by atomic mass is 9.88. The van der Waals surface area contributed by atoms with E-state index in [9.17, 15) is 14.7 Å². The number of benzene rings is 3. The van der Waals surface area contributed by atoms with Crippen molar-refractivity contribution in [2.24, 2.45) is 0 Å². The number of carbonyl (C=O) groups is 2. The molecule has 1 aliphatic heterocycles. The quantitative estimate of drug-likeness (QED) is 0.530. The summed E-state index contributed by atoms with van der Waals surface area (Å²) in [6.07, 6.45) is -0.397. The second-order valence-corrected chi connectivity index (χ2v) is 7.76. The first-order valence-corrected chi connectivity index (χ1v) is 10.4. The first-order chi connectivity index (χ1) is 15.9. The minimum Gasteiger partial charge on any atom is -0.496 e. The van der Waals surface area contributed by atoms with E-state index < -0.39 is 17.9 Å². The summed E-state index contributed by atoms with van der Waals surface area (Å²) in [5.41, 5.74) is 0.0879. The van der Waals surface area contributed by atoms with Crippen LogP contribution in [0.3, 0.4) is 0 Å². The van der Waals surface area contributed by atoms with Gasteiger partial charge in [0.25, 0.3) is 5.91 Å². The van der Waals surface area contributed by atoms with Crippen molar-refractivity contribution in [1.29, 1.82) is 0 Å². The Balaban J connectivity index is 1.68. The molecule has 0 saturated carbocycles. The fourth-order valence-corrected chi connectivity index (χ4v) is 4.20. The highest BCUT2D eigenvalue weighted by Crippen LogP contribution is 2.44. The first kappa shape index (κ1) is 22.4. The summed E-state index contributed by atoms with van der Waals surface area (Å²) in [5, 5.41) is 11.5. The molecule has 0 aromatic heterocycles. The summed E-state index contributed by atoms with van der Waals surface area (Å²) in [6.45, 7) is 0.196. The molecule has 1 N–H and O–H groups in total. The molecule has 0 saturated heterocycles. The van der Waals surface area contributed by atoms with E-state index in [4.69, 9.17) is 14.2 Å². The third-order valence-corrected chi connectivity index (χ3v) is 5.85. The summed E-state index contributed by atoms with van der Waals surface area (Å²) >= 11 is 0. The fraction of sp³-hybridized carbons (Fsp3) is 0.231. The molecule has 0 aliphatic carbocycles. The van der Waals surface area contributed by atoms with Crippen molar-refractivity contribution in [2.75, 3.05) is 26.2 Å². The highest BCUT2D eigenvalue weighted by Gasteiger charge is 2.51. The Bertz CT molecular complexity index is 1210. The number of para-hydroxylation sites is 2. The van der Waals surface area contributed by atoms with E-state index in [0.29, 0.717) is 34.1 Å². The molecule has 4 rings (SSSR count). The van der Waals surface area contributed by atoms with Crippen molar-refractivity contribution in [3.05, 3.63) is 83.4 Å². The number of anilines is 1. The van der Waals surface area contributed by atoms with Gasteiger partial charge in [0, 0.05) is 5.56 Å². The molecule has 3 aromatic carbocycles. The number of fused-ring (bicyclic) bond motifs is 1. The summed E-state index contributed by atoms with van der Waals surface area (Å²) in [4.78, 5) is 28.1. The number of carbonyl (C=O) groups excluding carboxylic acids is 2. The SMILES string of the molecule is COc1ccc(CN2C(=O)[C@@](O)(CC(=O)c3ccccc3OC)c3ccccc32)cc1OC. The summed E-state index contributed by atoms with van der Waals surface area (Å²) in [5.74, 6) is 0.574. The molecular formula is C26H25NO6. The predicted molar refractivity (Wildman–Crippen MR) is 123 cm³/mol. The number of nitrogens with zero attached hydrogens (tertiary/aromatic N) is 1. The molecule has 33 heavy (non-hydrogen) atoms. The first-order valence-electron chi connectivity index (χ1n) is 10.4. The molecule has 1 atom stereocenters. The topological polar surface area (TPSA) is 85.3 Å². The lowest BCUT2D eigenvalue weighted by Crippen LogP contribution is -2.41. The number of hydrogen-bond acceptors (Lipinski definition) is 6. The van der Waals surface area contributed by atoms with Crippen LogP contribution in [0.5, 0.6) is 17.2 Å². The zero-order valence-electron chi connectivity index (χ0n) is 18.7. The molecule has 0 radical (unpaired) electrons. The molecule has 1 amide bonds. The largest absolute Gasteiger partial charge is 0.496 e. The van der Waals surface area contributed by atoms with Gasteiger partial charge in [-0.15, -0.1) is 0 Å². The van der Waals surface area contributed by atoms with Gasteiger partial charge in [0.2, 0.25) is 0 Å². The van der Waals surface area contributed by atoms with Gasteiger partial charge >= 0.3 is 0 Å². The second-order valence-electron chi connectivity index (χ2n) is 7.76. The van der Waals surface area contributed by atoms with Crippen LogP contribution in [0.4, 0.5) is 5.69 Å². The van der Waals surface area contributed by atoms with Crippen molar-refractivity contribution >= 4 is 17.4 Å². The Kier molecular flexibility index (Phi) is 6.07. The summed E-state index contributed by atoms with van der Waals surface area (Å²) in [6, 6.07) is 19.1. The average Bonchev–Trinajstić information content (AvgIpc) is 3.05. The zero-order chi connectivity index (χ0) is 23.6. The number of Topliss-reactive ketones (excluding diaryl/α,β-unsaturated/α-hetero) is 1. The van der Waals surface area contributed by atoms with E-state index >= 15 is 0 Å². The highest BCUT2D eigenvalue weighted by molar-refractivity contribution is 6.11. The van der Waals surface area contributed by atoms with E-state index in [1.165, 1.54) is 12.0 Å². The maximum atomic E-state index is 13.5. The average molecular weight is 447 g/mol. The van der Waals surface area contributed by atoms with E-state index in [2.05, 4.69) is 0 Å². The second kappa shape index (κ2) is 8.96. The van der Waals surface area contributed by atoms with Gasteiger partial charge in [-0.2, -0.15) is 0 Å². The van der Waals surface area contributed by atoms with Gasteiger partial charge in [0.15, 0.2) is 22.9 Å². The van der Waals surface area contributed by atoms with Crippen LogP contribution >= 0.6 is 0 Å². The van der Waals surface area contributed by atoms with Gasteiger partial charge in [-0.3, -0.25) is 9.59 Å². The van der Waals surface area contributed by atoms with E-state index in [0.717, 1.165) is 5.56 Å². The standard InChI is InChI=1S/C26H25NO6/c1-31-22-11-7-4-8-18(22)21(28)15-26(30)19-9-5-6-10-20(19)27(25(26)29)16-17-12-13-23(32-2)24(14-17)33-3/h4-14,30H,15-16H2,1-3H3/t26-/m1/s1. The maximum absolute atomic E-state index is 13.5. The Morgan fingerprint density at radius 2 is 1.55 bits per heavy atom. The third kappa shape index (κ3) is 3.91. The van der Waals surface area contributed by atoms with Gasteiger partial charge < -0.3 is 24.2 Å². The van der Waals surface area contributed by atoms with Gasteiger partial charge in [-0.25, -0.2) is 0 Å². The Hall–Kier alpha value is -3.84. The molecule has 0 spiro atoms. The number of methoxy groups -OCH3 is 3. The van der Waals surface area contributed by atoms with E-state index in [1.54, 1.807) is 74.9 Å². The Morgan fingerprint density at radius 3 is 2.27 bits per heavy atom. The number of ether oxygens (including phenoxy) is 3. The van der Waals surface area contributed by atoms with Gasteiger partial charge in [-0.05, 0) is 35.9 Å². The smallest absolute Gasteiger partial charge is 0.264 e. The monoisotopic (exact) mass is 447 g/mol. The van der Waals surface area contributed by atoms with Crippen LogP contribution in [-0.4, -0.2) is 38.1 Å². The van der Waals surface area contributed by atoms with Crippen LogP contribution < -0.4 is 19.1 Å². The van der Waals surface area contributed by atoms with Gasteiger partial charge in [0.05, 0.1) is 45.5 Å². The van der Waals surface area contributed by atoms with Crippen LogP contribution in [0.1, 0.15) is 27.9 Å². The Labute approximate surface area is 192 Å². The van der Waals surface area contributed by atoms with Crippen molar-refractivity contribution in [3.63, 3.8) is 0 Å². The molecule has 0 unspecified atom stereocenters. The normalized spacial score (nSPS) is 17.0.